The van der Waals surface area contributed by atoms with Crippen molar-refractivity contribution in [2.24, 2.45) is 5.11 Å². The number of rotatable bonds is 7. The molecule has 25 heavy (non-hydrogen) atoms. The van der Waals surface area contributed by atoms with E-state index in [1.165, 1.54) is 7.11 Å². The first-order chi connectivity index (χ1) is 12.2. The first-order valence-electron chi connectivity index (χ1n) is 7.38. The van der Waals surface area contributed by atoms with Gasteiger partial charge in [-0.3, -0.25) is 0 Å². The Kier molecular flexibility index (Phi) is 6.14. The zero-order valence-corrected chi connectivity index (χ0v) is 14.5. The summed E-state index contributed by atoms with van der Waals surface area (Å²) in [5, 5.41) is 3.59. The molecule has 0 aliphatic rings. The van der Waals surface area contributed by atoms with Crippen LogP contribution in [-0.4, -0.2) is 28.4 Å². The van der Waals surface area contributed by atoms with Crippen LogP contribution in [0.25, 0.3) is 22.6 Å². The molecule has 7 heteroatoms. The van der Waals surface area contributed by atoms with Crippen molar-refractivity contribution in [1.29, 1.82) is 0 Å². The Labute approximate surface area is 146 Å². The molecule has 0 bridgehead atoms. The van der Waals surface area contributed by atoms with E-state index < -0.39 is 0 Å². The van der Waals surface area contributed by atoms with Gasteiger partial charge in [0.05, 0.1) is 34.1 Å². The minimum Gasteiger partial charge on any atom is -0.496 e. The lowest BCUT2D eigenvalue weighted by atomic mass is 10.1. The lowest BCUT2D eigenvalue weighted by Gasteiger charge is -2.12. The fourth-order valence-electron chi connectivity index (χ4n) is 2.32. The third-order valence-electron chi connectivity index (χ3n) is 3.51. The van der Waals surface area contributed by atoms with Gasteiger partial charge in [0.1, 0.15) is 5.75 Å². The van der Waals surface area contributed by atoms with Gasteiger partial charge in [0.25, 0.3) is 0 Å². The molecule has 2 aromatic rings. The molecular formula is C18H19N3O4. The van der Waals surface area contributed by atoms with E-state index in [1.807, 2.05) is 30.4 Å². The van der Waals surface area contributed by atoms with Crippen LogP contribution in [0, 0.1) is 0 Å². The molecule has 0 radical (unpaired) electrons. The van der Waals surface area contributed by atoms with E-state index in [-0.39, 0.29) is 0 Å². The highest BCUT2D eigenvalue weighted by Crippen LogP contribution is 2.38. The van der Waals surface area contributed by atoms with Crippen molar-refractivity contribution < 1.29 is 18.9 Å². The fraction of sp³-hybridized carbons (Fsp3) is 0.222. The smallest absolute Gasteiger partial charge is 0.203 e. The first kappa shape index (κ1) is 18.0. The molecule has 0 amide bonds. The van der Waals surface area contributed by atoms with Crippen LogP contribution in [0.5, 0.6) is 23.0 Å². The van der Waals surface area contributed by atoms with E-state index in [4.69, 9.17) is 24.5 Å². The average molecular weight is 341 g/mol. The molecular weight excluding hydrogens is 322 g/mol. The first-order valence-corrected chi connectivity index (χ1v) is 7.38. The van der Waals surface area contributed by atoms with Gasteiger partial charge in [0.2, 0.25) is 5.75 Å². The van der Waals surface area contributed by atoms with Gasteiger partial charge in [-0.1, -0.05) is 23.3 Å². The monoisotopic (exact) mass is 341 g/mol. The van der Waals surface area contributed by atoms with Crippen molar-refractivity contribution >= 4 is 17.8 Å². The number of hydrogen-bond acceptors (Lipinski definition) is 5. The molecule has 0 aliphatic carbocycles. The summed E-state index contributed by atoms with van der Waals surface area (Å²) >= 11 is 0. The third kappa shape index (κ3) is 4.16. The van der Waals surface area contributed by atoms with Gasteiger partial charge in [0.15, 0.2) is 11.5 Å². The zero-order chi connectivity index (χ0) is 18.2. The molecule has 0 aliphatic heterocycles. The van der Waals surface area contributed by atoms with E-state index in [2.05, 4.69) is 10.0 Å². The van der Waals surface area contributed by atoms with Gasteiger partial charge in [-0.25, -0.2) is 0 Å². The van der Waals surface area contributed by atoms with E-state index in [0.29, 0.717) is 28.7 Å². The summed E-state index contributed by atoms with van der Waals surface area (Å²) < 4.78 is 21.2. The Balaban J connectivity index is 2.37. The van der Waals surface area contributed by atoms with Crippen LogP contribution in [0.3, 0.4) is 0 Å². The van der Waals surface area contributed by atoms with E-state index in [9.17, 15) is 0 Å². The van der Waals surface area contributed by atoms with Gasteiger partial charge >= 0.3 is 0 Å². The Morgan fingerprint density at radius 2 is 1.36 bits per heavy atom. The van der Waals surface area contributed by atoms with Crippen LogP contribution in [0.15, 0.2) is 35.4 Å². The van der Waals surface area contributed by atoms with Crippen LogP contribution in [-0.2, 0) is 0 Å². The summed E-state index contributed by atoms with van der Waals surface area (Å²) in [6.07, 6.45) is 3.82. The normalized spacial score (nSPS) is 10.2. The van der Waals surface area contributed by atoms with Crippen LogP contribution >= 0.6 is 0 Å². The summed E-state index contributed by atoms with van der Waals surface area (Å²) in [5.74, 6) is 2.21. The maximum atomic E-state index is 8.56. The van der Waals surface area contributed by atoms with Gasteiger partial charge < -0.3 is 18.9 Å². The predicted molar refractivity (Wildman–Crippen MR) is 96.8 cm³/mol. The van der Waals surface area contributed by atoms with E-state index in [0.717, 1.165) is 11.1 Å². The van der Waals surface area contributed by atoms with Gasteiger partial charge in [-0.15, -0.1) is 0 Å². The SMILES string of the molecule is COc1cc(C=Cc2cc(OC)c(OC)c(OC)c2)ccc1N=[N+]=[N-]. The number of benzene rings is 2. The number of nitrogens with zero attached hydrogens (tertiary/aromatic N) is 3. The summed E-state index contributed by atoms with van der Waals surface area (Å²) in [7, 11) is 6.24. The molecule has 0 saturated carbocycles. The topological polar surface area (TPSA) is 85.7 Å². The number of methoxy groups -OCH3 is 4. The highest BCUT2D eigenvalue weighted by molar-refractivity contribution is 5.74. The fourth-order valence-corrected chi connectivity index (χ4v) is 2.32. The minimum absolute atomic E-state index is 0.440. The summed E-state index contributed by atoms with van der Waals surface area (Å²) in [5.41, 5.74) is 10.8. The third-order valence-corrected chi connectivity index (χ3v) is 3.51. The maximum Gasteiger partial charge on any atom is 0.203 e. The van der Waals surface area contributed by atoms with Crippen molar-refractivity contribution in [2.75, 3.05) is 28.4 Å². The van der Waals surface area contributed by atoms with E-state index in [1.54, 1.807) is 33.5 Å². The second-order valence-corrected chi connectivity index (χ2v) is 4.91. The zero-order valence-electron chi connectivity index (χ0n) is 14.5. The lowest BCUT2D eigenvalue weighted by molar-refractivity contribution is 0.324. The van der Waals surface area contributed by atoms with Crippen LogP contribution in [0.4, 0.5) is 5.69 Å². The maximum absolute atomic E-state index is 8.56. The van der Waals surface area contributed by atoms with Crippen molar-refractivity contribution in [1.82, 2.24) is 0 Å². The van der Waals surface area contributed by atoms with Crippen LogP contribution in [0.2, 0.25) is 0 Å². The molecule has 0 aromatic heterocycles. The molecule has 0 spiro atoms. The average Bonchev–Trinajstić information content (AvgIpc) is 2.66. The largest absolute Gasteiger partial charge is 0.496 e. The summed E-state index contributed by atoms with van der Waals surface area (Å²) in [6.45, 7) is 0. The molecule has 0 fully saturated rings. The molecule has 2 aromatic carbocycles. The Morgan fingerprint density at radius 3 is 1.88 bits per heavy atom. The van der Waals surface area contributed by atoms with Gasteiger partial charge in [-0.05, 0) is 40.9 Å². The second kappa shape index (κ2) is 8.52. The number of ether oxygens (including phenoxy) is 4. The standard InChI is InChI=1S/C18H19N3O4/c1-22-15-9-12(7-8-14(15)20-21-19)5-6-13-10-16(23-2)18(25-4)17(11-13)24-3/h5-11H,1-4H3. The molecule has 0 saturated heterocycles. The van der Waals surface area contributed by atoms with E-state index >= 15 is 0 Å². The Bertz CT molecular complexity index is 802. The Morgan fingerprint density at radius 1 is 0.800 bits per heavy atom. The highest BCUT2D eigenvalue weighted by Gasteiger charge is 2.12. The van der Waals surface area contributed by atoms with Crippen LogP contribution < -0.4 is 18.9 Å². The second-order valence-electron chi connectivity index (χ2n) is 4.91. The molecule has 0 unspecified atom stereocenters. The van der Waals surface area contributed by atoms with Gasteiger partial charge in [0, 0.05) is 4.91 Å². The molecule has 7 nitrogen and oxygen atoms in total. The highest BCUT2D eigenvalue weighted by atomic mass is 16.5. The van der Waals surface area contributed by atoms with Crippen molar-refractivity contribution in [2.45, 2.75) is 0 Å². The molecule has 0 N–H and O–H groups in total. The van der Waals surface area contributed by atoms with Crippen molar-refractivity contribution in [3.8, 4) is 23.0 Å². The lowest BCUT2D eigenvalue weighted by Crippen LogP contribution is -1.95. The minimum atomic E-state index is 0.440. The molecule has 2 rings (SSSR count). The molecule has 130 valence electrons. The quantitative estimate of drug-likeness (QED) is 0.312. The summed E-state index contributed by atoms with van der Waals surface area (Å²) in [6, 6.07) is 9.03. The Hall–Kier alpha value is -3.31. The van der Waals surface area contributed by atoms with Crippen LogP contribution in [0.1, 0.15) is 11.1 Å². The number of hydrogen-bond donors (Lipinski definition) is 0. The summed E-state index contributed by atoms with van der Waals surface area (Å²) in [4.78, 5) is 2.78. The number of azide groups is 1. The van der Waals surface area contributed by atoms with Gasteiger partial charge in [-0.2, -0.15) is 0 Å². The molecule has 0 atom stereocenters. The molecule has 0 heterocycles. The predicted octanol–water partition coefficient (Wildman–Crippen LogP) is 4.83. The van der Waals surface area contributed by atoms with Crippen molar-refractivity contribution in [3.05, 3.63) is 51.9 Å². The van der Waals surface area contributed by atoms with Crippen molar-refractivity contribution in [3.63, 3.8) is 0 Å².